The Kier molecular flexibility index (Phi) is 2.77. The maximum atomic E-state index is 9.90. The predicted octanol–water partition coefficient (Wildman–Crippen LogP) is 1.42. The first-order valence-electron chi connectivity index (χ1n) is 5.19. The first-order valence-corrected chi connectivity index (χ1v) is 5.19. The number of rotatable bonds is 4. The largest absolute Gasteiger partial charge is 0.493 e. The molecule has 0 spiro atoms. The molecule has 0 aromatic carbocycles. The summed E-state index contributed by atoms with van der Waals surface area (Å²) in [6, 6.07) is 3.67. The second-order valence-electron chi connectivity index (χ2n) is 3.99. The number of pyridine rings is 1. The van der Waals surface area contributed by atoms with Gasteiger partial charge in [0.05, 0.1) is 12.7 Å². The highest BCUT2D eigenvalue weighted by Gasteiger charge is 2.34. The molecule has 0 atom stereocenters. The molecule has 1 fully saturated rings. The molecule has 2 N–H and O–H groups in total. The van der Waals surface area contributed by atoms with Crippen molar-refractivity contribution in [2.24, 2.45) is 0 Å². The molecule has 0 bridgehead atoms. The molecular weight excluding hydrogens is 192 g/mol. The van der Waals surface area contributed by atoms with Gasteiger partial charge in [-0.2, -0.15) is 0 Å². The maximum Gasteiger partial charge on any atom is 0.168 e. The van der Waals surface area contributed by atoms with Crippen molar-refractivity contribution in [3.05, 3.63) is 18.3 Å². The van der Waals surface area contributed by atoms with E-state index in [9.17, 15) is 5.11 Å². The molecule has 82 valence electrons. The summed E-state index contributed by atoms with van der Waals surface area (Å²) >= 11 is 0. The molecule has 1 saturated carbocycles. The maximum absolute atomic E-state index is 9.90. The summed E-state index contributed by atoms with van der Waals surface area (Å²) in [5, 5.41) is 13.0. The van der Waals surface area contributed by atoms with E-state index in [-0.39, 0.29) is 0 Å². The number of nitrogens with one attached hydrogen (secondary N) is 1. The van der Waals surface area contributed by atoms with Gasteiger partial charge in [-0.25, -0.2) is 4.98 Å². The van der Waals surface area contributed by atoms with E-state index < -0.39 is 5.60 Å². The monoisotopic (exact) mass is 208 g/mol. The minimum Gasteiger partial charge on any atom is -0.493 e. The zero-order valence-electron chi connectivity index (χ0n) is 8.86. The van der Waals surface area contributed by atoms with Crippen LogP contribution in [0.25, 0.3) is 0 Å². The molecule has 0 aliphatic heterocycles. The van der Waals surface area contributed by atoms with E-state index >= 15 is 0 Å². The Hall–Kier alpha value is -1.29. The van der Waals surface area contributed by atoms with E-state index in [0.29, 0.717) is 18.1 Å². The van der Waals surface area contributed by atoms with Crippen molar-refractivity contribution in [2.45, 2.75) is 24.9 Å². The minimum atomic E-state index is -0.539. The fourth-order valence-electron chi connectivity index (χ4n) is 1.70. The predicted molar refractivity (Wildman–Crippen MR) is 58.1 cm³/mol. The molecule has 2 rings (SSSR count). The smallest absolute Gasteiger partial charge is 0.168 e. The summed E-state index contributed by atoms with van der Waals surface area (Å²) in [5.41, 5.74) is -0.539. The van der Waals surface area contributed by atoms with Crippen molar-refractivity contribution in [1.29, 1.82) is 0 Å². The first kappa shape index (κ1) is 10.2. The van der Waals surface area contributed by atoms with Gasteiger partial charge in [-0.1, -0.05) is 0 Å². The summed E-state index contributed by atoms with van der Waals surface area (Å²) in [6.45, 7) is 0.542. The lowest BCUT2D eigenvalue weighted by Gasteiger charge is -2.36. The average Bonchev–Trinajstić information content (AvgIpc) is 2.24. The van der Waals surface area contributed by atoms with Crippen molar-refractivity contribution in [1.82, 2.24) is 4.98 Å². The van der Waals surface area contributed by atoms with Crippen molar-refractivity contribution < 1.29 is 9.84 Å². The number of aliphatic hydroxyl groups is 1. The molecule has 1 aliphatic rings. The number of methoxy groups -OCH3 is 1. The third-order valence-corrected chi connectivity index (χ3v) is 2.86. The summed E-state index contributed by atoms with van der Waals surface area (Å²) in [7, 11) is 1.61. The van der Waals surface area contributed by atoms with Gasteiger partial charge < -0.3 is 15.2 Å². The summed E-state index contributed by atoms with van der Waals surface area (Å²) < 4.78 is 5.16. The summed E-state index contributed by atoms with van der Waals surface area (Å²) in [5.74, 6) is 1.40. The number of hydrogen-bond donors (Lipinski definition) is 2. The van der Waals surface area contributed by atoms with E-state index in [1.807, 2.05) is 12.1 Å². The third-order valence-electron chi connectivity index (χ3n) is 2.86. The van der Waals surface area contributed by atoms with Crippen LogP contribution < -0.4 is 10.1 Å². The number of nitrogens with zero attached hydrogens (tertiary/aromatic N) is 1. The van der Waals surface area contributed by atoms with Crippen LogP contribution in [0.15, 0.2) is 18.3 Å². The van der Waals surface area contributed by atoms with Crippen LogP contribution in [0, 0.1) is 0 Å². The van der Waals surface area contributed by atoms with Gasteiger partial charge in [0.25, 0.3) is 0 Å². The molecule has 4 heteroatoms. The van der Waals surface area contributed by atoms with Crippen LogP contribution >= 0.6 is 0 Å². The van der Waals surface area contributed by atoms with Gasteiger partial charge in [-0.15, -0.1) is 0 Å². The summed E-state index contributed by atoms with van der Waals surface area (Å²) in [4.78, 5) is 4.16. The molecule has 0 amide bonds. The van der Waals surface area contributed by atoms with Crippen molar-refractivity contribution >= 4 is 5.82 Å². The Bertz CT molecular complexity index is 337. The fraction of sp³-hybridized carbons (Fsp3) is 0.545. The van der Waals surface area contributed by atoms with E-state index in [2.05, 4.69) is 10.3 Å². The van der Waals surface area contributed by atoms with Crippen LogP contribution in [-0.2, 0) is 0 Å². The fourth-order valence-corrected chi connectivity index (χ4v) is 1.70. The molecule has 4 nitrogen and oxygen atoms in total. The molecule has 0 saturated heterocycles. The van der Waals surface area contributed by atoms with Crippen LogP contribution in [0.3, 0.4) is 0 Å². The highest BCUT2D eigenvalue weighted by atomic mass is 16.5. The molecule has 1 aliphatic carbocycles. The Morgan fingerprint density at radius 1 is 1.60 bits per heavy atom. The standard InChI is InChI=1S/C11H16N2O2/c1-15-9-4-2-7-12-10(9)13-8-11(14)5-3-6-11/h2,4,7,14H,3,5-6,8H2,1H3,(H,12,13). The van der Waals surface area contributed by atoms with Crippen molar-refractivity contribution in [3.8, 4) is 5.75 Å². The Balaban J connectivity index is 1.98. The normalized spacial score (nSPS) is 18.0. The van der Waals surface area contributed by atoms with Gasteiger partial charge in [-0.05, 0) is 31.4 Å². The van der Waals surface area contributed by atoms with Gasteiger partial charge in [-0.3, -0.25) is 0 Å². The summed E-state index contributed by atoms with van der Waals surface area (Å²) in [6.07, 6.45) is 4.55. The van der Waals surface area contributed by atoms with Gasteiger partial charge in [0.2, 0.25) is 0 Å². The molecule has 1 heterocycles. The van der Waals surface area contributed by atoms with Crippen molar-refractivity contribution in [2.75, 3.05) is 19.0 Å². The van der Waals surface area contributed by atoms with Crippen LogP contribution in [0.5, 0.6) is 5.75 Å². The van der Waals surface area contributed by atoms with Gasteiger partial charge in [0.15, 0.2) is 11.6 Å². The zero-order chi connectivity index (χ0) is 10.7. The van der Waals surface area contributed by atoms with Crippen LogP contribution in [-0.4, -0.2) is 29.3 Å². The third kappa shape index (κ3) is 2.21. The van der Waals surface area contributed by atoms with E-state index in [4.69, 9.17) is 4.74 Å². The molecule has 15 heavy (non-hydrogen) atoms. The number of ether oxygens (including phenoxy) is 1. The topological polar surface area (TPSA) is 54.4 Å². The van der Waals surface area contributed by atoms with E-state index in [0.717, 1.165) is 19.3 Å². The molecule has 1 aromatic rings. The lowest BCUT2D eigenvalue weighted by Crippen LogP contribution is -2.43. The van der Waals surface area contributed by atoms with E-state index in [1.165, 1.54) is 0 Å². The molecule has 0 radical (unpaired) electrons. The van der Waals surface area contributed by atoms with Crippen molar-refractivity contribution in [3.63, 3.8) is 0 Å². The average molecular weight is 208 g/mol. The number of hydrogen-bond acceptors (Lipinski definition) is 4. The highest BCUT2D eigenvalue weighted by Crippen LogP contribution is 2.32. The molecule has 0 unspecified atom stereocenters. The van der Waals surface area contributed by atoms with E-state index in [1.54, 1.807) is 13.3 Å². The lowest BCUT2D eigenvalue weighted by molar-refractivity contribution is -0.0202. The second kappa shape index (κ2) is 4.06. The minimum absolute atomic E-state index is 0.539. The van der Waals surface area contributed by atoms with Crippen LogP contribution in [0.4, 0.5) is 5.82 Å². The lowest BCUT2D eigenvalue weighted by atomic mass is 9.80. The quantitative estimate of drug-likeness (QED) is 0.785. The zero-order valence-corrected chi connectivity index (χ0v) is 8.86. The Morgan fingerprint density at radius 2 is 2.40 bits per heavy atom. The number of anilines is 1. The first-order chi connectivity index (χ1) is 7.23. The highest BCUT2D eigenvalue weighted by molar-refractivity contribution is 5.49. The molecule has 1 aromatic heterocycles. The Morgan fingerprint density at radius 3 is 3.00 bits per heavy atom. The van der Waals surface area contributed by atoms with Crippen LogP contribution in [0.1, 0.15) is 19.3 Å². The Labute approximate surface area is 89.3 Å². The SMILES string of the molecule is COc1cccnc1NCC1(O)CCC1. The van der Waals surface area contributed by atoms with Gasteiger partial charge in [0.1, 0.15) is 0 Å². The van der Waals surface area contributed by atoms with Gasteiger partial charge in [0, 0.05) is 12.7 Å². The van der Waals surface area contributed by atoms with Gasteiger partial charge >= 0.3 is 0 Å². The molecular formula is C11H16N2O2. The number of aromatic nitrogens is 1. The van der Waals surface area contributed by atoms with Crippen LogP contribution in [0.2, 0.25) is 0 Å². The second-order valence-corrected chi connectivity index (χ2v) is 3.99.